The van der Waals surface area contributed by atoms with Crippen molar-refractivity contribution in [3.05, 3.63) is 17.8 Å². The Bertz CT molecular complexity index is 534. The number of nitrogens with zero attached hydrogens (tertiary/aromatic N) is 3. The maximum atomic E-state index is 12.5. The van der Waals surface area contributed by atoms with Gasteiger partial charge >= 0.3 is 0 Å². The van der Waals surface area contributed by atoms with Crippen LogP contribution in [0.3, 0.4) is 0 Å². The first kappa shape index (κ1) is 14.1. The van der Waals surface area contributed by atoms with E-state index in [4.69, 9.17) is 4.42 Å². The number of aryl methyl sites for hydroxylation is 1. The van der Waals surface area contributed by atoms with Crippen LogP contribution in [-0.4, -0.2) is 52.8 Å². The van der Waals surface area contributed by atoms with Crippen molar-refractivity contribution in [2.24, 2.45) is 5.92 Å². The Morgan fingerprint density at radius 1 is 1.19 bits per heavy atom. The Morgan fingerprint density at radius 2 is 1.90 bits per heavy atom. The van der Waals surface area contributed by atoms with E-state index in [0.29, 0.717) is 24.7 Å². The van der Waals surface area contributed by atoms with E-state index in [-0.39, 0.29) is 17.7 Å². The third-order valence-electron chi connectivity index (χ3n) is 4.31. The number of carbonyl (C=O) groups excluding carboxylic acids is 2. The number of oxazole rings is 1. The summed E-state index contributed by atoms with van der Waals surface area (Å²) in [5, 5.41) is 0. The molecule has 1 aromatic rings. The maximum Gasteiger partial charge on any atom is 0.275 e. The topological polar surface area (TPSA) is 66.7 Å². The minimum atomic E-state index is -0.134. The summed E-state index contributed by atoms with van der Waals surface area (Å²) in [6.07, 6.45) is 5.33. The molecule has 2 saturated heterocycles. The average Bonchev–Trinajstić information content (AvgIpc) is 3.17. The number of rotatable bonds is 2. The highest BCUT2D eigenvalue weighted by Gasteiger charge is 2.33. The van der Waals surface area contributed by atoms with Gasteiger partial charge in [-0.25, -0.2) is 4.98 Å². The Morgan fingerprint density at radius 3 is 2.57 bits per heavy atom. The molecule has 2 aliphatic heterocycles. The molecule has 0 bridgehead atoms. The molecular formula is C15H21N3O3. The van der Waals surface area contributed by atoms with Crippen molar-refractivity contribution in [1.82, 2.24) is 14.8 Å². The molecule has 0 aromatic carbocycles. The third kappa shape index (κ3) is 2.94. The van der Waals surface area contributed by atoms with Crippen LogP contribution in [0.25, 0.3) is 0 Å². The summed E-state index contributed by atoms with van der Waals surface area (Å²) in [7, 11) is 0. The van der Waals surface area contributed by atoms with Crippen LogP contribution in [0, 0.1) is 12.8 Å². The van der Waals surface area contributed by atoms with Crippen molar-refractivity contribution in [3.63, 3.8) is 0 Å². The molecule has 2 fully saturated rings. The Kier molecular flexibility index (Phi) is 3.94. The largest absolute Gasteiger partial charge is 0.448 e. The quantitative estimate of drug-likeness (QED) is 0.827. The van der Waals surface area contributed by atoms with Gasteiger partial charge in [0.15, 0.2) is 11.6 Å². The summed E-state index contributed by atoms with van der Waals surface area (Å²) in [6, 6.07) is 0. The Hall–Kier alpha value is -1.85. The summed E-state index contributed by atoms with van der Waals surface area (Å²) in [5.41, 5.74) is 0.335. The SMILES string of the molecule is Cc1nc(C(=O)N2CCC[C@H](C(=O)N3CCCC3)C2)co1. The smallest absolute Gasteiger partial charge is 0.275 e. The summed E-state index contributed by atoms with van der Waals surface area (Å²) in [4.78, 5) is 32.6. The first-order valence-electron chi connectivity index (χ1n) is 7.65. The molecule has 3 rings (SSSR count). The van der Waals surface area contributed by atoms with Crippen molar-refractivity contribution >= 4 is 11.8 Å². The predicted octanol–water partition coefficient (Wildman–Crippen LogP) is 1.46. The number of likely N-dealkylation sites (tertiary alicyclic amines) is 2. The van der Waals surface area contributed by atoms with Crippen molar-refractivity contribution in [1.29, 1.82) is 0 Å². The number of carbonyl (C=O) groups is 2. The van der Waals surface area contributed by atoms with E-state index < -0.39 is 0 Å². The monoisotopic (exact) mass is 291 g/mol. The van der Waals surface area contributed by atoms with Crippen LogP contribution in [0.15, 0.2) is 10.7 Å². The minimum absolute atomic E-state index is 0.0613. The second-order valence-electron chi connectivity index (χ2n) is 5.87. The van der Waals surface area contributed by atoms with Crippen molar-refractivity contribution in [2.45, 2.75) is 32.6 Å². The predicted molar refractivity (Wildman–Crippen MR) is 75.7 cm³/mol. The van der Waals surface area contributed by atoms with Crippen LogP contribution in [0.5, 0.6) is 0 Å². The van der Waals surface area contributed by atoms with Gasteiger partial charge in [0, 0.05) is 33.1 Å². The number of piperidine rings is 1. The molecule has 0 spiro atoms. The van der Waals surface area contributed by atoms with Crippen LogP contribution >= 0.6 is 0 Å². The fourth-order valence-corrected chi connectivity index (χ4v) is 3.18. The highest BCUT2D eigenvalue weighted by molar-refractivity contribution is 5.92. The van der Waals surface area contributed by atoms with Gasteiger partial charge in [-0.1, -0.05) is 0 Å². The first-order valence-corrected chi connectivity index (χ1v) is 7.65. The van der Waals surface area contributed by atoms with E-state index in [9.17, 15) is 9.59 Å². The number of aromatic nitrogens is 1. The van der Waals surface area contributed by atoms with Gasteiger partial charge in [0.25, 0.3) is 5.91 Å². The standard InChI is InChI=1S/C15H21N3O3/c1-11-16-13(10-21-11)15(20)18-8-4-5-12(9-18)14(19)17-6-2-3-7-17/h10,12H,2-9H2,1H3/t12-/m0/s1. The molecule has 1 atom stereocenters. The molecule has 0 radical (unpaired) electrons. The van der Waals surface area contributed by atoms with Gasteiger partial charge in [0.2, 0.25) is 5.91 Å². The van der Waals surface area contributed by atoms with Crippen LogP contribution in [0.1, 0.15) is 42.1 Å². The molecule has 1 aromatic heterocycles. The minimum Gasteiger partial charge on any atom is -0.448 e. The molecule has 6 nitrogen and oxygen atoms in total. The fraction of sp³-hybridized carbons (Fsp3) is 0.667. The van der Waals surface area contributed by atoms with E-state index in [1.165, 1.54) is 6.26 Å². The lowest BCUT2D eigenvalue weighted by Gasteiger charge is -2.33. The molecule has 2 aliphatic rings. The highest BCUT2D eigenvalue weighted by atomic mass is 16.3. The zero-order chi connectivity index (χ0) is 14.8. The molecule has 0 N–H and O–H groups in total. The van der Waals surface area contributed by atoms with Gasteiger partial charge in [0.1, 0.15) is 6.26 Å². The molecule has 6 heteroatoms. The number of hydrogen-bond acceptors (Lipinski definition) is 4. The summed E-state index contributed by atoms with van der Waals surface area (Å²) < 4.78 is 5.10. The second kappa shape index (κ2) is 5.87. The molecular weight excluding hydrogens is 270 g/mol. The van der Waals surface area contributed by atoms with Crippen molar-refractivity contribution in [3.8, 4) is 0 Å². The van der Waals surface area contributed by atoms with Crippen LogP contribution in [0.4, 0.5) is 0 Å². The lowest BCUT2D eigenvalue weighted by atomic mass is 9.96. The third-order valence-corrected chi connectivity index (χ3v) is 4.31. The van der Waals surface area contributed by atoms with Crippen molar-refractivity contribution in [2.75, 3.05) is 26.2 Å². The molecule has 0 unspecified atom stereocenters. The van der Waals surface area contributed by atoms with Crippen LogP contribution < -0.4 is 0 Å². The lowest BCUT2D eigenvalue weighted by Crippen LogP contribution is -2.46. The lowest BCUT2D eigenvalue weighted by molar-refractivity contribution is -0.135. The van der Waals surface area contributed by atoms with Crippen molar-refractivity contribution < 1.29 is 14.0 Å². The molecule has 0 saturated carbocycles. The highest BCUT2D eigenvalue weighted by Crippen LogP contribution is 2.22. The second-order valence-corrected chi connectivity index (χ2v) is 5.87. The summed E-state index contributed by atoms with van der Waals surface area (Å²) in [5.74, 6) is 0.501. The zero-order valence-electron chi connectivity index (χ0n) is 12.4. The zero-order valence-corrected chi connectivity index (χ0v) is 12.4. The van der Waals surface area contributed by atoms with Crippen LogP contribution in [-0.2, 0) is 4.79 Å². The Labute approximate surface area is 124 Å². The Balaban J connectivity index is 1.65. The van der Waals surface area contributed by atoms with Gasteiger partial charge in [-0.3, -0.25) is 9.59 Å². The molecule has 2 amide bonds. The van der Waals surface area contributed by atoms with E-state index in [2.05, 4.69) is 4.98 Å². The van der Waals surface area contributed by atoms with Gasteiger partial charge in [-0.15, -0.1) is 0 Å². The maximum absolute atomic E-state index is 12.5. The molecule has 21 heavy (non-hydrogen) atoms. The number of amides is 2. The summed E-state index contributed by atoms with van der Waals surface area (Å²) >= 11 is 0. The average molecular weight is 291 g/mol. The molecule has 114 valence electrons. The molecule has 3 heterocycles. The fourth-order valence-electron chi connectivity index (χ4n) is 3.18. The summed E-state index contributed by atoms with van der Waals surface area (Å²) in [6.45, 7) is 4.64. The first-order chi connectivity index (χ1) is 10.1. The van der Waals surface area contributed by atoms with Crippen LogP contribution in [0.2, 0.25) is 0 Å². The van der Waals surface area contributed by atoms with E-state index >= 15 is 0 Å². The van der Waals surface area contributed by atoms with Gasteiger partial charge in [-0.2, -0.15) is 0 Å². The normalized spacial score (nSPS) is 22.6. The van der Waals surface area contributed by atoms with E-state index in [0.717, 1.165) is 38.8 Å². The molecule has 0 aliphatic carbocycles. The van der Waals surface area contributed by atoms with Gasteiger partial charge < -0.3 is 14.2 Å². The van der Waals surface area contributed by atoms with E-state index in [1.807, 2.05) is 4.90 Å². The van der Waals surface area contributed by atoms with Gasteiger partial charge in [0.05, 0.1) is 5.92 Å². The van der Waals surface area contributed by atoms with Gasteiger partial charge in [-0.05, 0) is 25.7 Å². The van der Waals surface area contributed by atoms with E-state index in [1.54, 1.807) is 11.8 Å². The number of hydrogen-bond donors (Lipinski definition) is 0.